The molecular formula is C28H30ClN5O2. The van der Waals surface area contributed by atoms with Gasteiger partial charge >= 0.3 is 6.03 Å². The molecule has 1 N–H and O–H groups in total. The Kier molecular flexibility index (Phi) is 9.39. The van der Waals surface area contributed by atoms with E-state index in [2.05, 4.69) is 21.9 Å². The number of nitrogens with one attached hydrogen (secondary N) is 1. The van der Waals surface area contributed by atoms with Gasteiger partial charge in [0, 0.05) is 36.4 Å². The molecule has 0 spiro atoms. The summed E-state index contributed by atoms with van der Waals surface area (Å²) >= 11 is 6.08. The summed E-state index contributed by atoms with van der Waals surface area (Å²) < 4.78 is 0. The highest BCUT2D eigenvalue weighted by Gasteiger charge is 2.25. The van der Waals surface area contributed by atoms with Crippen molar-refractivity contribution in [2.24, 2.45) is 5.10 Å². The summed E-state index contributed by atoms with van der Waals surface area (Å²) in [5.74, 6) is -0.495. The summed E-state index contributed by atoms with van der Waals surface area (Å²) in [6.45, 7) is 5.46. The van der Waals surface area contributed by atoms with Crippen LogP contribution < -0.4 is 10.2 Å². The highest BCUT2D eigenvalue weighted by molar-refractivity contribution is 6.31. The van der Waals surface area contributed by atoms with Gasteiger partial charge in [-0.2, -0.15) is 5.10 Å². The lowest BCUT2D eigenvalue weighted by molar-refractivity contribution is 0.0995. The molecule has 0 heterocycles. The number of hydrazone groups is 1. The standard InChI is InChI=1S/C28H30ClN5O2/c1-5-21-11-15-26(16-12-21)34(27(35)23-7-6-8-24(29)19-23)28(36)31-25-13-9-22(10-14-25)20-30-33(4)18-17-32(2)3/h5-16,19-20H,1,17-18H2,2-4H3,(H,31,36). The van der Waals surface area contributed by atoms with Gasteiger partial charge in [0.2, 0.25) is 0 Å². The summed E-state index contributed by atoms with van der Waals surface area (Å²) in [7, 11) is 5.96. The van der Waals surface area contributed by atoms with Crippen molar-refractivity contribution in [2.75, 3.05) is 44.4 Å². The number of amides is 3. The van der Waals surface area contributed by atoms with Crippen molar-refractivity contribution in [1.29, 1.82) is 0 Å². The molecule has 0 aromatic heterocycles. The fraction of sp³-hybridized carbons (Fsp3) is 0.179. The van der Waals surface area contributed by atoms with Gasteiger partial charge in [-0.05, 0) is 67.7 Å². The molecule has 0 aliphatic carbocycles. The fourth-order valence-corrected chi connectivity index (χ4v) is 3.43. The zero-order valence-electron chi connectivity index (χ0n) is 20.7. The molecule has 8 heteroatoms. The largest absolute Gasteiger partial charge is 0.333 e. The van der Waals surface area contributed by atoms with E-state index in [1.807, 2.05) is 38.3 Å². The maximum Gasteiger partial charge on any atom is 0.333 e. The Labute approximate surface area is 217 Å². The number of urea groups is 1. The van der Waals surface area contributed by atoms with Gasteiger partial charge in [-0.25, -0.2) is 9.69 Å². The lowest BCUT2D eigenvalue weighted by Gasteiger charge is -2.22. The lowest BCUT2D eigenvalue weighted by atomic mass is 10.1. The molecule has 7 nitrogen and oxygen atoms in total. The number of anilines is 2. The second-order valence-corrected chi connectivity index (χ2v) is 8.86. The average molecular weight is 504 g/mol. The van der Waals surface area contributed by atoms with Crippen molar-refractivity contribution in [1.82, 2.24) is 9.91 Å². The summed E-state index contributed by atoms with van der Waals surface area (Å²) in [6.07, 6.45) is 3.45. The van der Waals surface area contributed by atoms with Crippen molar-refractivity contribution >= 4 is 47.2 Å². The molecule has 3 aromatic rings. The Morgan fingerprint density at radius 3 is 2.22 bits per heavy atom. The van der Waals surface area contributed by atoms with Gasteiger partial charge in [-0.15, -0.1) is 0 Å². The van der Waals surface area contributed by atoms with E-state index < -0.39 is 11.9 Å². The Hall–Kier alpha value is -3.94. The first kappa shape index (κ1) is 26.7. The monoisotopic (exact) mass is 503 g/mol. The van der Waals surface area contributed by atoms with Gasteiger partial charge in [-0.1, -0.05) is 54.6 Å². The first-order valence-corrected chi connectivity index (χ1v) is 11.8. The topological polar surface area (TPSA) is 68.2 Å². The number of carbonyl (C=O) groups is 2. The molecule has 3 rings (SSSR count). The van der Waals surface area contributed by atoms with Crippen LogP contribution in [0, 0.1) is 0 Å². The summed E-state index contributed by atoms with van der Waals surface area (Å²) in [4.78, 5) is 29.8. The molecule has 0 aliphatic rings. The van der Waals surface area contributed by atoms with Crippen molar-refractivity contribution in [3.05, 3.63) is 101 Å². The molecule has 0 saturated heterocycles. The highest BCUT2D eigenvalue weighted by atomic mass is 35.5. The second-order valence-electron chi connectivity index (χ2n) is 8.43. The minimum absolute atomic E-state index is 0.301. The summed E-state index contributed by atoms with van der Waals surface area (Å²) in [5, 5.41) is 9.52. The Bertz CT molecular complexity index is 1220. The molecule has 0 aliphatic heterocycles. The van der Waals surface area contributed by atoms with Crippen LogP contribution in [0.1, 0.15) is 21.5 Å². The van der Waals surface area contributed by atoms with Gasteiger partial charge < -0.3 is 10.2 Å². The van der Waals surface area contributed by atoms with Crippen molar-refractivity contribution < 1.29 is 9.59 Å². The van der Waals surface area contributed by atoms with Crippen LogP contribution in [0.4, 0.5) is 16.2 Å². The number of hydrogen-bond donors (Lipinski definition) is 1. The van der Waals surface area contributed by atoms with E-state index >= 15 is 0 Å². The van der Waals surface area contributed by atoms with E-state index in [1.54, 1.807) is 66.9 Å². The van der Waals surface area contributed by atoms with Gasteiger partial charge in [0.1, 0.15) is 0 Å². The third kappa shape index (κ3) is 7.53. The maximum absolute atomic E-state index is 13.3. The predicted octanol–water partition coefficient (Wildman–Crippen LogP) is 5.69. The number of carbonyl (C=O) groups excluding carboxylic acids is 2. The SMILES string of the molecule is C=Cc1ccc(N(C(=O)Nc2ccc(C=NN(C)CCN(C)C)cc2)C(=O)c2cccc(Cl)c2)cc1. The molecule has 0 unspecified atom stereocenters. The van der Waals surface area contributed by atoms with Gasteiger partial charge in [-0.3, -0.25) is 9.80 Å². The van der Waals surface area contributed by atoms with Crippen molar-refractivity contribution in [3.8, 4) is 0 Å². The number of hydrogen-bond acceptors (Lipinski definition) is 5. The average Bonchev–Trinajstić information content (AvgIpc) is 2.87. The minimum atomic E-state index is -0.587. The molecule has 186 valence electrons. The molecule has 0 fully saturated rings. The predicted molar refractivity (Wildman–Crippen MR) is 149 cm³/mol. The zero-order chi connectivity index (χ0) is 26.1. The van der Waals surface area contributed by atoms with Gasteiger partial charge in [0.05, 0.1) is 11.9 Å². The molecule has 3 aromatic carbocycles. The van der Waals surface area contributed by atoms with Crippen LogP contribution >= 0.6 is 11.6 Å². The number of halogens is 1. The number of rotatable bonds is 9. The van der Waals surface area contributed by atoms with Crippen LogP contribution in [-0.2, 0) is 0 Å². The molecule has 0 bridgehead atoms. The van der Waals surface area contributed by atoms with E-state index in [9.17, 15) is 9.59 Å². The number of likely N-dealkylation sites (N-methyl/N-ethyl adjacent to an activating group) is 2. The molecule has 0 radical (unpaired) electrons. The van der Waals surface area contributed by atoms with E-state index in [0.29, 0.717) is 22.0 Å². The molecule has 0 saturated carbocycles. The normalized spacial score (nSPS) is 10.9. The first-order valence-electron chi connectivity index (χ1n) is 11.4. The Balaban J connectivity index is 1.78. The highest BCUT2D eigenvalue weighted by Crippen LogP contribution is 2.22. The lowest BCUT2D eigenvalue weighted by Crippen LogP contribution is -2.40. The smallest absolute Gasteiger partial charge is 0.308 e. The van der Waals surface area contributed by atoms with E-state index in [4.69, 9.17) is 11.6 Å². The summed E-state index contributed by atoms with van der Waals surface area (Å²) in [6, 6.07) is 20.1. The van der Waals surface area contributed by atoms with Crippen LogP contribution in [0.15, 0.2) is 84.5 Å². The van der Waals surface area contributed by atoms with E-state index in [0.717, 1.165) is 29.1 Å². The van der Waals surface area contributed by atoms with Crippen LogP contribution in [0.25, 0.3) is 6.08 Å². The Morgan fingerprint density at radius 1 is 0.944 bits per heavy atom. The Morgan fingerprint density at radius 2 is 1.61 bits per heavy atom. The molecule has 0 atom stereocenters. The van der Waals surface area contributed by atoms with Gasteiger partial charge in [0.15, 0.2) is 0 Å². The molecule has 3 amide bonds. The van der Waals surface area contributed by atoms with E-state index in [1.165, 1.54) is 6.07 Å². The van der Waals surface area contributed by atoms with Crippen molar-refractivity contribution in [2.45, 2.75) is 0 Å². The van der Waals surface area contributed by atoms with Crippen LogP contribution in [0.5, 0.6) is 0 Å². The number of nitrogens with zero attached hydrogens (tertiary/aromatic N) is 4. The third-order valence-corrected chi connectivity index (χ3v) is 5.54. The van der Waals surface area contributed by atoms with E-state index in [-0.39, 0.29) is 0 Å². The van der Waals surface area contributed by atoms with Gasteiger partial charge in [0.25, 0.3) is 5.91 Å². The quantitative estimate of drug-likeness (QED) is 0.301. The van der Waals surface area contributed by atoms with Crippen LogP contribution in [0.2, 0.25) is 5.02 Å². The molecular weight excluding hydrogens is 474 g/mol. The number of imide groups is 1. The van der Waals surface area contributed by atoms with Crippen LogP contribution in [-0.4, -0.2) is 62.3 Å². The van der Waals surface area contributed by atoms with Crippen molar-refractivity contribution in [3.63, 3.8) is 0 Å². The third-order valence-electron chi connectivity index (χ3n) is 5.30. The maximum atomic E-state index is 13.3. The first-order chi connectivity index (χ1) is 17.3. The zero-order valence-corrected chi connectivity index (χ0v) is 21.4. The second kappa shape index (κ2) is 12.7. The minimum Gasteiger partial charge on any atom is -0.308 e. The summed E-state index contributed by atoms with van der Waals surface area (Å²) in [5.41, 5.74) is 3.03. The fourth-order valence-electron chi connectivity index (χ4n) is 3.24. The molecule has 36 heavy (non-hydrogen) atoms. The van der Waals surface area contributed by atoms with Crippen LogP contribution in [0.3, 0.4) is 0 Å². The number of benzene rings is 3.